The van der Waals surface area contributed by atoms with Crippen molar-refractivity contribution in [2.45, 2.75) is 12.8 Å². The highest BCUT2D eigenvalue weighted by Gasteiger charge is 2.22. The van der Waals surface area contributed by atoms with E-state index >= 15 is 0 Å². The van der Waals surface area contributed by atoms with Crippen LogP contribution in [0.4, 0.5) is 14.5 Å². The lowest BCUT2D eigenvalue weighted by Crippen LogP contribution is -2.49. The number of rotatable bonds is 5. The maximum Gasteiger partial charge on any atom is 0.222 e. The summed E-state index contributed by atoms with van der Waals surface area (Å²) in [6.45, 7) is 2.97. The van der Waals surface area contributed by atoms with Gasteiger partial charge in [0.25, 0.3) is 0 Å². The number of benzene rings is 1. The van der Waals surface area contributed by atoms with Gasteiger partial charge >= 0.3 is 0 Å². The molecule has 1 amide bonds. The first-order valence-corrected chi connectivity index (χ1v) is 7.24. The molecule has 1 aliphatic heterocycles. The van der Waals surface area contributed by atoms with Crippen LogP contribution in [0.15, 0.2) is 18.2 Å². The predicted molar refractivity (Wildman–Crippen MR) is 92.8 cm³/mol. The standard InChI is InChI=1S/C15H21F2N3O.2ClH/c1-18-6-2-3-15(21)20-9-7-19(8-10-20)14-11-12(16)4-5-13(14)17;;/h4-5,11,18H,2-3,6-10H2,1H3;2*1H. The van der Waals surface area contributed by atoms with Crippen LogP contribution in [0.5, 0.6) is 0 Å². The number of amides is 1. The van der Waals surface area contributed by atoms with E-state index in [1.54, 1.807) is 9.80 Å². The molecule has 8 heteroatoms. The van der Waals surface area contributed by atoms with Crippen molar-refractivity contribution in [3.8, 4) is 0 Å². The second-order valence-electron chi connectivity index (χ2n) is 5.17. The molecule has 0 unspecified atom stereocenters. The summed E-state index contributed by atoms with van der Waals surface area (Å²) >= 11 is 0. The fourth-order valence-electron chi connectivity index (χ4n) is 2.50. The van der Waals surface area contributed by atoms with Crippen LogP contribution in [0.25, 0.3) is 0 Å². The minimum atomic E-state index is -0.447. The second kappa shape index (κ2) is 10.6. The van der Waals surface area contributed by atoms with Crippen molar-refractivity contribution in [3.63, 3.8) is 0 Å². The zero-order chi connectivity index (χ0) is 15.2. The Morgan fingerprint density at radius 2 is 1.83 bits per heavy atom. The summed E-state index contributed by atoms with van der Waals surface area (Å²) in [7, 11) is 1.86. The van der Waals surface area contributed by atoms with Crippen molar-refractivity contribution < 1.29 is 13.6 Å². The van der Waals surface area contributed by atoms with Crippen LogP contribution in [-0.4, -0.2) is 50.6 Å². The third-order valence-corrected chi connectivity index (χ3v) is 3.70. The Labute approximate surface area is 148 Å². The summed E-state index contributed by atoms with van der Waals surface area (Å²) in [6.07, 6.45) is 1.34. The van der Waals surface area contributed by atoms with Crippen LogP contribution in [0.1, 0.15) is 12.8 Å². The predicted octanol–water partition coefficient (Wildman–Crippen LogP) is 2.46. The van der Waals surface area contributed by atoms with Crippen LogP contribution < -0.4 is 10.2 Å². The van der Waals surface area contributed by atoms with E-state index in [2.05, 4.69) is 5.32 Å². The first-order valence-electron chi connectivity index (χ1n) is 7.24. The second-order valence-corrected chi connectivity index (χ2v) is 5.17. The van der Waals surface area contributed by atoms with E-state index in [9.17, 15) is 13.6 Å². The van der Waals surface area contributed by atoms with Crippen LogP contribution in [0.2, 0.25) is 0 Å². The van der Waals surface area contributed by atoms with Crippen molar-refractivity contribution in [1.29, 1.82) is 0 Å². The Balaban J connectivity index is 0.00000242. The molecular weight excluding hydrogens is 347 g/mol. The molecular formula is C15H23Cl2F2N3O. The van der Waals surface area contributed by atoms with Gasteiger partial charge in [0.1, 0.15) is 11.6 Å². The van der Waals surface area contributed by atoms with E-state index < -0.39 is 11.6 Å². The molecule has 1 heterocycles. The number of carbonyl (C=O) groups excluding carboxylic acids is 1. The molecule has 0 radical (unpaired) electrons. The number of anilines is 1. The van der Waals surface area contributed by atoms with Gasteiger partial charge in [-0.05, 0) is 32.1 Å². The number of hydrogen-bond acceptors (Lipinski definition) is 3. The molecule has 0 aromatic heterocycles. The maximum absolute atomic E-state index is 13.7. The molecule has 132 valence electrons. The van der Waals surface area contributed by atoms with Gasteiger partial charge in [-0.3, -0.25) is 4.79 Å². The number of nitrogens with zero attached hydrogens (tertiary/aromatic N) is 2. The first kappa shape index (κ1) is 21.9. The van der Waals surface area contributed by atoms with E-state index in [1.807, 2.05) is 7.05 Å². The molecule has 2 rings (SSSR count). The lowest BCUT2D eigenvalue weighted by molar-refractivity contribution is -0.131. The van der Waals surface area contributed by atoms with Gasteiger partial charge in [0.15, 0.2) is 0 Å². The van der Waals surface area contributed by atoms with Crippen molar-refractivity contribution in [3.05, 3.63) is 29.8 Å². The number of piperazine rings is 1. The number of carbonyl (C=O) groups is 1. The fraction of sp³-hybridized carbons (Fsp3) is 0.533. The van der Waals surface area contributed by atoms with Gasteiger partial charge in [0.05, 0.1) is 5.69 Å². The quantitative estimate of drug-likeness (QED) is 0.809. The summed E-state index contributed by atoms with van der Waals surface area (Å²) in [5.41, 5.74) is 0.275. The minimum absolute atomic E-state index is 0. The Morgan fingerprint density at radius 1 is 1.17 bits per heavy atom. The normalized spacial score (nSPS) is 14.0. The molecule has 0 saturated carbocycles. The van der Waals surface area contributed by atoms with E-state index in [-0.39, 0.29) is 36.4 Å². The molecule has 1 aromatic carbocycles. The Kier molecular flexibility index (Phi) is 10.1. The molecule has 23 heavy (non-hydrogen) atoms. The molecule has 0 aliphatic carbocycles. The van der Waals surface area contributed by atoms with Crippen LogP contribution >= 0.6 is 24.8 Å². The Bertz CT molecular complexity index is 498. The van der Waals surface area contributed by atoms with Crippen LogP contribution in [0.3, 0.4) is 0 Å². The lowest BCUT2D eigenvalue weighted by atomic mass is 10.2. The van der Waals surface area contributed by atoms with Gasteiger partial charge < -0.3 is 15.1 Å². The first-order chi connectivity index (χ1) is 10.1. The van der Waals surface area contributed by atoms with Crippen molar-refractivity contribution in [2.75, 3.05) is 44.7 Å². The minimum Gasteiger partial charge on any atom is -0.366 e. The van der Waals surface area contributed by atoms with E-state index in [0.717, 1.165) is 25.1 Å². The van der Waals surface area contributed by atoms with Crippen molar-refractivity contribution in [2.24, 2.45) is 0 Å². The fourth-order valence-corrected chi connectivity index (χ4v) is 2.50. The maximum atomic E-state index is 13.7. The van der Waals surface area contributed by atoms with Gasteiger partial charge in [0.2, 0.25) is 5.91 Å². The molecule has 0 bridgehead atoms. The van der Waals surface area contributed by atoms with Crippen molar-refractivity contribution in [1.82, 2.24) is 10.2 Å². The van der Waals surface area contributed by atoms with Gasteiger partial charge in [-0.25, -0.2) is 8.78 Å². The summed E-state index contributed by atoms with van der Waals surface area (Å²) in [4.78, 5) is 15.6. The molecule has 4 nitrogen and oxygen atoms in total. The van der Waals surface area contributed by atoms with Crippen molar-refractivity contribution >= 4 is 36.4 Å². The number of nitrogens with one attached hydrogen (secondary N) is 1. The summed E-state index contributed by atoms with van der Waals surface area (Å²) < 4.78 is 26.9. The molecule has 0 atom stereocenters. The van der Waals surface area contributed by atoms with Gasteiger partial charge in [-0.15, -0.1) is 24.8 Å². The van der Waals surface area contributed by atoms with E-state index in [4.69, 9.17) is 0 Å². The number of halogens is 4. The third kappa shape index (κ3) is 6.12. The van der Waals surface area contributed by atoms with Crippen LogP contribution in [-0.2, 0) is 4.79 Å². The summed E-state index contributed by atoms with van der Waals surface area (Å²) in [6, 6.07) is 3.46. The molecule has 1 fully saturated rings. The third-order valence-electron chi connectivity index (χ3n) is 3.70. The average molecular weight is 370 g/mol. The average Bonchev–Trinajstić information content (AvgIpc) is 2.50. The van der Waals surface area contributed by atoms with Gasteiger partial charge in [-0.2, -0.15) is 0 Å². The molecule has 1 aliphatic rings. The largest absolute Gasteiger partial charge is 0.366 e. The highest BCUT2D eigenvalue weighted by molar-refractivity contribution is 5.85. The van der Waals surface area contributed by atoms with E-state index in [1.165, 1.54) is 6.07 Å². The molecule has 1 aromatic rings. The molecule has 1 saturated heterocycles. The summed E-state index contributed by atoms with van der Waals surface area (Å²) in [5.74, 6) is -0.744. The molecule has 0 spiro atoms. The zero-order valence-electron chi connectivity index (χ0n) is 13.1. The SMILES string of the molecule is CNCCCC(=O)N1CCN(c2cc(F)ccc2F)CC1.Cl.Cl. The lowest BCUT2D eigenvalue weighted by Gasteiger charge is -2.36. The summed E-state index contributed by atoms with van der Waals surface area (Å²) in [5, 5.41) is 3.01. The smallest absolute Gasteiger partial charge is 0.222 e. The Morgan fingerprint density at radius 3 is 2.43 bits per heavy atom. The monoisotopic (exact) mass is 369 g/mol. The highest BCUT2D eigenvalue weighted by atomic mass is 35.5. The van der Waals surface area contributed by atoms with E-state index in [0.29, 0.717) is 32.6 Å². The van der Waals surface area contributed by atoms with Gasteiger partial charge in [-0.1, -0.05) is 0 Å². The highest BCUT2D eigenvalue weighted by Crippen LogP contribution is 2.22. The topological polar surface area (TPSA) is 35.6 Å². The number of hydrogen-bond donors (Lipinski definition) is 1. The van der Waals surface area contributed by atoms with Gasteiger partial charge in [0, 0.05) is 38.7 Å². The molecule has 1 N–H and O–H groups in total. The van der Waals surface area contributed by atoms with Crippen LogP contribution in [0, 0.1) is 11.6 Å². The zero-order valence-corrected chi connectivity index (χ0v) is 14.7. The Hall–Kier alpha value is -1.11.